The molecule has 0 aromatic heterocycles. The average Bonchev–Trinajstić information content (AvgIpc) is 2.68. The summed E-state index contributed by atoms with van der Waals surface area (Å²) in [7, 11) is 0. The highest BCUT2D eigenvalue weighted by Crippen LogP contribution is 2.22. The van der Waals surface area contributed by atoms with Crippen LogP contribution in [0.1, 0.15) is 43.0 Å². The molecule has 0 heterocycles. The summed E-state index contributed by atoms with van der Waals surface area (Å²) >= 11 is 0. The van der Waals surface area contributed by atoms with Crippen LogP contribution in [0.2, 0.25) is 0 Å². The summed E-state index contributed by atoms with van der Waals surface area (Å²) in [6.07, 6.45) is 0. The zero-order chi connectivity index (χ0) is 19.1. The van der Waals surface area contributed by atoms with E-state index in [-0.39, 0.29) is 5.41 Å². The molecule has 0 unspecified atom stereocenters. The van der Waals surface area contributed by atoms with Crippen LogP contribution in [0.15, 0.2) is 78.9 Å². The quantitative estimate of drug-likeness (QED) is 0.571. The molecule has 0 saturated heterocycles. The van der Waals surface area contributed by atoms with E-state index in [4.69, 9.17) is 4.74 Å². The van der Waals surface area contributed by atoms with E-state index in [9.17, 15) is 0 Å². The molecule has 0 fully saturated rings. The van der Waals surface area contributed by atoms with Gasteiger partial charge in [-0.3, -0.25) is 0 Å². The van der Waals surface area contributed by atoms with Gasteiger partial charge in [-0.1, -0.05) is 87.5 Å². The summed E-state index contributed by atoms with van der Waals surface area (Å²) in [6, 6.07) is 27.5. The summed E-state index contributed by atoms with van der Waals surface area (Å²) in [5.41, 5.74) is 5.28. The average molecular weight is 360 g/mol. The minimum atomic E-state index is 0.184. The number of hydrogen-bond acceptors (Lipinski definition) is 2. The standard InChI is InChI=1S/C25H29NO/c1-25(2,3)23-13-9-22(10-14-23)19-27-24-15-11-21(12-16-24)18-26-17-20-7-5-4-6-8-20/h4-16,26H,17-19H2,1-3H3. The molecule has 3 aromatic carbocycles. The molecule has 2 heteroatoms. The molecule has 140 valence electrons. The zero-order valence-corrected chi connectivity index (χ0v) is 16.5. The number of ether oxygens (including phenoxy) is 1. The highest BCUT2D eigenvalue weighted by Gasteiger charge is 2.12. The first-order chi connectivity index (χ1) is 13.0. The number of rotatable bonds is 7. The Bertz CT molecular complexity index is 815. The Morgan fingerprint density at radius 2 is 1.22 bits per heavy atom. The molecule has 2 nitrogen and oxygen atoms in total. The van der Waals surface area contributed by atoms with Gasteiger partial charge >= 0.3 is 0 Å². The molecule has 0 aliphatic carbocycles. The van der Waals surface area contributed by atoms with E-state index < -0.39 is 0 Å². The van der Waals surface area contributed by atoms with Gasteiger partial charge in [0.2, 0.25) is 0 Å². The lowest BCUT2D eigenvalue weighted by atomic mass is 9.87. The summed E-state index contributed by atoms with van der Waals surface area (Å²) in [4.78, 5) is 0. The predicted octanol–water partition coefficient (Wildman–Crippen LogP) is 5.85. The number of benzene rings is 3. The van der Waals surface area contributed by atoms with Crippen molar-refractivity contribution < 1.29 is 4.74 Å². The van der Waals surface area contributed by atoms with Crippen LogP contribution in [-0.2, 0) is 25.1 Å². The molecular formula is C25H29NO. The number of nitrogens with one attached hydrogen (secondary N) is 1. The molecular weight excluding hydrogens is 330 g/mol. The maximum absolute atomic E-state index is 5.93. The van der Waals surface area contributed by atoms with Gasteiger partial charge in [-0.15, -0.1) is 0 Å². The molecule has 0 radical (unpaired) electrons. The highest BCUT2D eigenvalue weighted by atomic mass is 16.5. The van der Waals surface area contributed by atoms with Crippen molar-refractivity contribution in [3.05, 3.63) is 101 Å². The van der Waals surface area contributed by atoms with Gasteiger partial charge in [0.1, 0.15) is 12.4 Å². The van der Waals surface area contributed by atoms with Crippen molar-refractivity contribution in [2.24, 2.45) is 0 Å². The summed E-state index contributed by atoms with van der Waals surface area (Å²) in [5.74, 6) is 0.904. The van der Waals surface area contributed by atoms with Crippen molar-refractivity contribution in [2.75, 3.05) is 0 Å². The van der Waals surface area contributed by atoms with Crippen molar-refractivity contribution in [2.45, 2.75) is 45.9 Å². The minimum Gasteiger partial charge on any atom is -0.489 e. The fourth-order valence-electron chi connectivity index (χ4n) is 2.92. The first-order valence-electron chi connectivity index (χ1n) is 9.56. The van der Waals surface area contributed by atoms with E-state index in [0.29, 0.717) is 6.61 Å². The van der Waals surface area contributed by atoms with Crippen LogP contribution in [-0.4, -0.2) is 0 Å². The topological polar surface area (TPSA) is 21.3 Å². The molecule has 3 aromatic rings. The molecule has 0 spiro atoms. The van der Waals surface area contributed by atoms with E-state index in [1.807, 2.05) is 18.2 Å². The Morgan fingerprint density at radius 3 is 1.81 bits per heavy atom. The summed E-state index contributed by atoms with van der Waals surface area (Å²) in [5, 5.41) is 3.47. The third kappa shape index (κ3) is 5.97. The Kier molecular flexibility index (Phi) is 6.31. The lowest BCUT2D eigenvalue weighted by Crippen LogP contribution is -2.12. The molecule has 0 aliphatic rings. The van der Waals surface area contributed by atoms with Crippen molar-refractivity contribution in [1.82, 2.24) is 5.32 Å². The van der Waals surface area contributed by atoms with Gasteiger partial charge in [0, 0.05) is 13.1 Å². The van der Waals surface area contributed by atoms with E-state index >= 15 is 0 Å². The summed E-state index contributed by atoms with van der Waals surface area (Å²) < 4.78 is 5.93. The van der Waals surface area contributed by atoms with Crippen LogP contribution in [0.5, 0.6) is 5.75 Å². The largest absolute Gasteiger partial charge is 0.489 e. The third-order valence-corrected chi connectivity index (χ3v) is 4.65. The number of hydrogen-bond donors (Lipinski definition) is 1. The Labute approximate surface area is 163 Å². The van der Waals surface area contributed by atoms with E-state index in [1.54, 1.807) is 0 Å². The van der Waals surface area contributed by atoms with Crippen LogP contribution in [0, 0.1) is 0 Å². The second-order valence-electron chi connectivity index (χ2n) is 7.97. The van der Waals surface area contributed by atoms with Gasteiger partial charge in [0.05, 0.1) is 0 Å². The molecule has 27 heavy (non-hydrogen) atoms. The van der Waals surface area contributed by atoms with E-state index in [0.717, 1.165) is 18.8 Å². The monoisotopic (exact) mass is 359 g/mol. The second kappa shape index (κ2) is 8.88. The van der Waals surface area contributed by atoms with Crippen molar-refractivity contribution in [3.8, 4) is 5.75 Å². The Hall–Kier alpha value is -2.58. The van der Waals surface area contributed by atoms with Crippen LogP contribution in [0.25, 0.3) is 0 Å². The van der Waals surface area contributed by atoms with Gasteiger partial charge in [-0.05, 0) is 39.8 Å². The molecule has 0 saturated carbocycles. The second-order valence-corrected chi connectivity index (χ2v) is 7.97. The van der Waals surface area contributed by atoms with E-state index in [2.05, 4.69) is 86.8 Å². The van der Waals surface area contributed by atoms with Crippen molar-refractivity contribution >= 4 is 0 Å². The fourth-order valence-corrected chi connectivity index (χ4v) is 2.92. The Balaban J connectivity index is 1.46. The SMILES string of the molecule is CC(C)(C)c1ccc(COc2ccc(CNCc3ccccc3)cc2)cc1. The molecule has 0 aliphatic heterocycles. The molecule has 0 atom stereocenters. The van der Waals surface area contributed by atoms with Crippen molar-refractivity contribution in [1.29, 1.82) is 0 Å². The van der Waals surface area contributed by atoms with Crippen LogP contribution in [0.3, 0.4) is 0 Å². The summed E-state index contributed by atoms with van der Waals surface area (Å²) in [6.45, 7) is 9.02. The molecule has 0 amide bonds. The lowest BCUT2D eigenvalue weighted by Gasteiger charge is -2.19. The van der Waals surface area contributed by atoms with Gasteiger partial charge < -0.3 is 10.1 Å². The third-order valence-electron chi connectivity index (χ3n) is 4.65. The van der Waals surface area contributed by atoms with Gasteiger partial charge in [-0.2, -0.15) is 0 Å². The fraction of sp³-hybridized carbons (Fsp3) is 0.280. The molecule has 3 rings (SSSR count). The minimum absolute atomic E-state index is 0.184. The Morgan fingerprint density at radius 1 is 0.667 bits per heavy atom. The molecule has 0 bridgehead atoms. The first-order valence-corrected chi connectivity index (χ1v) is 9.56. The maximum atomic E-state index is 5.93. The van der Waals surface area contributed by atoms with Gasteiger partial charge in [0.15, 0.2) is 0 Å². The predicted molar refractivity (Wildman–Crippen MR) is 113 cm³/mol. The smallest absolute Gasteiger partial charge is 0.119 e. The highest BCUT2D eigenvalue weighted by molar-refractivity contribution is 5.30. The molecule has 1 N–H and O–H groups in total. The zero-order valence-electron chi connectivity index (χ0n) is 16.5. The van der Waals surface area contributed by atoms with Crippen LogP contribution >= 0.6 is 0 Å². The normalized spacial score (nSPS) is 11.4. The van der Waals surface area contributed by atoms with Crippen LogP contribution in [0.4, 0.5) is 0 Å². The lowest BCUT2D eigenvalue weighted by molar-refractivity contribution is 0.306. The first kappa shape index (κ1) is 19.2. The van der Waals surface area contributed by atoms with Crippen LogP contribution < -0.4 is 10.1 Å². The maximum Gasteiger partial charge on any atom is 0.119 e. The van der Waals surface area contributed by atoms with E-state index in [1.165, 1.54) is 22.3 Å². The van der Waals surface area contributed by atoms with Crippen molar-refractivity contribution in [3.63, 3.8) is 0 Å². The van der Waals surface area contributed by atoms with Gasteiger partial charge in [0.25, 0.3) is 0 Å². The van der Waals surface area contributed by atoms with Gasteiger partial charge in [-0.25, -0.2) is 0 Å².